The molecule has 2 heterocycles. The van der Waals surface area contributed by atoms with Crippen molar-refractivity contribution in [1.29, 1.82) is 0 Å². The van der Waals surface area contributed by atoms with Gasteiger partial charge in [0.1, 0.15) is 5.00 Å². The van der Waals surface area contributed by atoms with E-state index in [2.05, 4.69) is 15.7 Å². The number of nitrogens with one attached hydrogen (secondary N) is 2. The van der Waals surface area contributed by atoms with Crippen LogP contribution in [0.15, 0.2) is 54.0 Å². The third-order valence-electron chi connectivity index (χ3n) is 3.88. The fourth-order valence-corrected chi connectivity index (χ4v) is 3.25. The molecular formula is C19H20N4O2S. The SMILES string of the molecule is CCn1ccc(C(=O)Nc2sccc2C(=O)NCCc2ccccc2)n1. The number of carbonyl (C=O) groups is 2. The van der Waals surface area contributed by atoms with Crippen LogP contribution in [0, 0.1) is 0 Å². The molecule has 2 N–H and O–H groups in total. The molecule has 3 rings (SSSR count). The Bertz CT molecular complexity index is 886. The summed E-state index contributed by atoms with van der Waals surface area (Å²) in [5.74, 6) is -0.519. The standard InChI is InChI=1S/C19H20N4O2S/c1-2-23-12-9-16(22-23)18(25)21-19-15(10-13-26-19)17(24)20-11-8-14-6-4-3-5-7-14/h3-7,9-10,12-13H,2,8,11H2,1H3,(H,20,24)(H,21,25). The summed E-state index contributed by atoms with van der Waals surface area (Å²) in [4.78, 5) is 24.7. The fourth-order valence-electron chi connectivity index (χ4n) is 2.47. The van der Waals surface area contributed by atoms with Gasteiger partial charge in [-0.2, -0.15) is 5.10 Å². The predicted molar refractivity (Wildman–Crippen MR) is 103 cm³/mol. The number of nitrogens with zero attached hydrogens (tertiary/aromatic N) is 2. The molecular weight excluding hydrogens is 348 g/mol. The highest BCUT2D eigenvalue weighted by atomic mass is 32.1. The number of carbonyl (C=O) groups excluding carboxylic acids is 2. The summed E-state index contributed by atoms with van der Waals surface area (Å²) >= 11 is 1.32. The van der Waals surface area contributed by atoms with Crippen LogP contribution in [-0.4, -0.2) is 28.1 Å². The van der Waals surface area contributed by atoms with E-state index in [1.165, 1.54) is 11.3 Å². The molecule has 0 spiro atoms. The molecule has 7 heteroatoms. The Kier molecular flexibility index (Phi) is 5.80. The fraction of sp³-hybridized carbons (Fsp3) is 0.211. The van der Waals surface area contributed by atoms with Crippen molar-refractivity contribution < 1.29 is 9.59 Å². The first-order chi connectivity index (χ1) is 12.7. The highest BCUT2D eigenvalue weighted by Crippen LogP contribution is 2.23. The number of hydrogen-bond donors (Lipinski definition) is 2. The Balaban J connectivity index is 1.58. The first kappa shape index (κ1) is 17.9. The summed E-state index contributed by atoms with van der Waals surface area (Å²) in [6.45, 7) is 3.18. The lowest BCUT2D eigenvalue weighted by Crippen LogP contribution is -2.26. The van der Waals surface area contributed by atoms with Gasteiger partial charge in [-0.05, 0) is 36.4 Å². The van der Waals surface area contributed by atoms with Gasteiger partial charge in [0, 0.05) is 19.3 Å². The minimum Gasteiger partial charge on any atom is -0.352 e. The van der Waals surface area contributed by atoms with Gasteiger partial charge in [0.15, 0.2) is 5.69 Å². The average Bonchev–Trinajstić information content (AvgIpc) is 3.31. The molecule has 0 aliphatic heterocycles. The van der Waals surface area contributed by atoms with Gasteiger partial charge in [0.2, 0.25) is 0 Å². The Labute approximate surface area is 155 Å². The quantitative estimate of drug-likeness (QED) is 0.672. The van der Waals surface area contributed by atoms with E-state index in [0.717, 1.165) is 12.0 Å². The third kappa shape index (κ3) is 4.37. The summed E-state index contributed by atoms with van der Waals surface area (Å²) in [6, 6.07) is 13.3. The van der Waals surface area contributed by atoms with Crippen LogP contribution < -0.4 is 10.6 Å². The summed E-state index contributed by atoms with van der Waals surface area (Å²) < 4.78 is 1.68. The zero-order chi connectivity index (χ0) is 18.4. The number of thiophene rings is 1. The molecule has 0 unspecified atom stereocenters. The summed E-state index contributed by atoms with van der Waals surface area (Å²) in [7, 11) is 0. The van der Waals surface area contributed by atoms with Gasteiger partial charge in [-0.15, -0.1) is 11.3 Å². The van der Waals surface area contributed by atoms with Gasteiger partial charge in [-0.1, -0.05) is 30.3 Å². The number of rotatable bonds is 7. The number of hydrogen-bond acceptors (Lipinski definition) is 4. The Morgan fingerprint density at radius 3 is 2.65 bits per heavy atom. The molecule has 0 saturated heterocycles. The normalized spacial score (nSPS) is 10.5. The van der Waals surface area contributed by atoms with E-state index in [-0.39, 0.29) is 11.8 Å². The van der Waals surface area contributed by atoms with Crippen molar-refractivity contribution in [2.24, 2.45) is 0 Å². The molecule has 0 atom stereocenters. The van der Waals surface area contributed by atoms with Gasteiger partial charge in [-0.3, -0.25) is 14.3 Å². The van der Waals surface area contributed by atoms with Crippen LogP contribution in [0.3, 0.4) is 0 Å². The lowest BCUT2D eigenvalue weighted by molar-refractivity contribution is 0.0955. The first-order valence-electron chi connectivity index (χ1n) is 8.42. The maximum absolute atomic E-state index is 12.4. The zero-order valence-electron chi connectivity index (χ0n) is 14.4. The molecule has 0 saturated carbocycles. The van der Waals surface area contributed by atoms with Gasteiger partial charge in [0.05, 0.1) is 5.56 Å². The van der Waals surface area contributed by atoms with Crippen LogP contribution in [0.4, 0.5) is 5.00 Å². The van der Waals surface area contributed by atoms with Gasteiger partial charge in [-0.25, -0.2) is 0 Å². The molecule has 0 aliphatic rings. The van der Waals surface area contributed by atoms with Crippen molar-refractivity contribution in [3.05, 3.63) is 70.9 Å². The van der Waals surface area contributed by atoms with E-state index in [1.807, 2.05) is 37.3 Å². The largest absolute Gasteiger partial charge is 0.352 e. The molecule has 0 fully saturated rings. The van der Waals surface area contributed by atoms with Crippen LogP contribution in [0.1, 0.15) is 33.3 Å². The van der Waals surface area contributed by atoms with Gasteiger partial charge < -0.3 is 10.6 Å². The van der Waals surface area contributed by atoms with Crippen LogP contribution in [0.2, 0.25) is 0 Å². The monoisotopic (exact) mass is 368 g/mol. The summed E-state index contributed by atoms with van der Waals surface area (Å²) in [5, 5.41) is 12.2. The first-order valence-corrected chi connectivity index (χ1v) is 9.29. The Hall–Kier alpha value is -2.93. The highest BCUT2D eigenvalue weighted by Gasteiger charge is 2.17. The van der Waals surface area contributed by atoms with Crippen molar-refractivity contribution in [2.45, 2.75) is 19.9 Å². The van der Waals surface area contributed by atoms with Crippen LogP contribution in [0.25, 0.3) is 0 Å². The molecule has 0 aliphatic carbocycles. The van der Waals surface area contributed by atoms with E-state index in [0.29, 0.717) is 29.3 Å². The molecule has 0 bridgehead atoms. The van der Waals surface area contributed by atoms with E-state index in [1.54, 1.807) is 28.4 Å². The van der Waals surface area contributed by atoms with Crippen molar-refractivity contribution in [1.82, 2.24) is 15.1 Å². The molecule has 3 aromatic rings. The van der Waals surface area contributed by atoms with Crippen LogP contribution in [0.5, 0.6) is 0 Å². The molecule has 0 radical (unpaired) electrons. The average molecular weight is 368 g/mol. The maximum atomic E-state index is 12.4. The molecule has 2 aromatic heterocycles. The van der Waals surface area contributed by atoms with Crippen molar-refractivity contribution in [2.75, 3.05) is 11.9 Å². The second-order valence-corrected chi connectivity index (χ2v) is 6.58. The molecule has 6 nitrogen and oxygen atoms in total. The lowest BCUT2D eigenvalue weighted by atomic mass is 10.1. The third-order valence-corrected chi connectivity index (χ3v) is 4.71. The smallest absolute Gasteiger partial charge is 0.276 e. The Morgan fingerprint density at radius 1 is 1.12 bits per heavy atom. The summed E-state index contributed by atoms with van der Waals surface area (Å²) in [5.41, 5.74) is 1.96. The molecule has 26 heavy (non-hydrogen) atoms. The minimum atomic E-state index is -0.321. The maximum Gasteiger partial charge on any atom is 0.276 e. The highest BCUT2D eigenvalue weighted by molar-refractivity contribution is 7.14. The lowest BCUT2D eigenvalue weighted by Gasteiger charge is -2.07. The number of anilines is 1. The van der Waals surface area contributed by atoms with Crippen LogP contribution in [-0.2, 0) is 13.0 Å². The summed E-state index contributed by atoms with van der Waals surface area (Å²) in [6.07, 6.45) is 2.51. The number of aryl methyl sites for hydroxylation is 1. The molecule has 134 valence electrons. The predicted octanol–water partition coefficient (Wildman–Crippen LogP) is 3.19. The van der Waals surface area contributed by atoms with E-state index in [9.17, 15) is 9.59 Å². The van der Waals surface area contributed by atoms with E-state index in [4.69, 9.17) is 0 Å². The van der Waals surface area contributed by atoms with E-state index < -0.39 is 0 Å². The Morgan fingerprint density at radius 2 is 1.92 bits per heavy atom. The van der Waals surface area contributed by atoms with Crippen LogP contribution >= 0.6 is 11.3 Å². The number of amides is 2. The van der Waals surface area contributed by atoms with Crippen molar-refractivity contribution >= 4 is 28.2 Å². The minimum absolute atomic E-state index is 0.198. The number of aromatic nitrogens is 2. The molecule has 2 amide bonds. The second kappa shape index (κ2) is 8.44. The van der Waals surface area contributed by atoms with Gasteiger partial charge >= 0.3 is 0 Å². The second-order valence-electron chi connectivity index (χ2n) is 5.67. The van der Waals surface area contributed by atoms with Crippen molar-refractivity contribution in [3.63, 3.8) is 0 Å². The van der Waals surface area contributed by atoms with Gasteiger partial charge in [0.25, 0.3) is 11.8 Å². The molecule has 1 aromatic carbocycles. The van der Waals surface area contributed by atoms with E-state index >= 15 is 0 Å². The number of benzene rings is 1. The topological polar surface area (TPSA) is 76.0 Å². The van der Waals surface area contributed by atoms with Crippen molar-refractivity contribution in [3.8, 4) is 0 Å². The zero-order valence-corrected chi connectivity index (χ0v) is 15.3.